The molecular weight excluding hydrogens is 130 g/mol. The fourth-order valence-corrected chi connectivity index (χ4v) is 0.569. The summed E-state index contributed by atoms with van der Waals surface area (Å²) in [7, 11) is 1.40. The summed E-state index contributed by atoms with van der Waals surface area (Å²) in [5, 5.41) is 17.7. The molecule has 52 valence electrons. The van der Waals surface area contributed by atoms with Crippen LogP contribution in [-0.4, -0.2) is 28.2 Å². The Morgan fingerprint density at radius 3 is 3.00 bits per heavy atom. The Kier molecular flexibility index (Phi) is 1.94. The van der Waals surface area contributed by atoms with Gasteiger partial charge in [0, 0.05) is 6.20 Å². The first-order chi connectivity index (χ1) is 4.79. The highest BCUT2D eigenvalue weighted by Crippen LogP contribution is 1.83. The van der Waals surface area contributed by atoms with Crippen molar-refractivity contribution in [3.63, 3.8) is 0 Å². The van der Waals surface area contributed by atoms with Gasteiger partial charge in [0.15, 0.2) is 0 Å². The average molecular weight is 137 g/mol. The Bertz CT molecular complexity index is 228. The average Bonchev–Trinajstić information content (AvgIpc) is 1.88. The smallest absolute Gasteiger partial charge is 0.202 e. The summed E-state index contributed by atoms with van der Waals surface area (Å²) in [4.78, 5) is 0. The molecular formula is C6H7N3O. The minimum absolute atomic E-state index is 0.569. The van der Waals surface area contributed by atoms with Crippen LogP contribution in [0.1, 0.15) is 5.69 Å². The normalized spacial score (nSPS) is 11.5. The van der Waals surface area contributed by atoms with E-state index in [1.165, 1.54) is 13.3 Å². The summed E-state index contributed by atoms with van der Waals surface area (Å²) in [6.07, 6.45) is 2.91. The van der Waals surface area contributed by atoms with Crippen molar-refractivity contribution >= 4 is 6.21 Å². The third-order valence-electron chi connectivity index (χ3n) is 0.907. The molecule has 1 aromatic rings. The van der Waals surface area contributed by atoms with Crippen molar-refractivity contribution in [2.45, 2.75) is 0 Å². The van der Waals surface area contributed by atoms with E-state index in [1.807, 2.05) is 0 Å². The van der Waals surface area contributed by atoms with E-state index in [1.54, 1.807) is 18.3 Å². The molecule has 0 fully saturated rings. The van der Waals surface area contributed by atoms with Gasteiger partial charge in [0.05, 0.1) is 0 Å². The standard InChI is InChI=1S/C6H7N3O/c1-9(10)5-6-3-2-4-7-8-6/h2-5H,1H3. The van der Waals surface area contributed by atoms with Crippen molar-refractivity contribution in [3.8, 4) is 0 Å². The molecule has 0 saturated carbocycles. The number of aromatic nitrogens is 2. The van der Waals surface area contributed by atoms with Crippen molar-refractivity contribution < 1.29 is 4.74 Å². The molecule has 0 unspecified atom stereocenters. The van der Waals surface area contributed by atoms with Crippen molar-refractivity contribution in [1.82, 2.24) is 10.2 Å². The van der Waals surface area contributed by atoms with Crippen molar-refractivity contribution in [2.75, 3.05) is 7.05 Å². The highest BCUT2D eigenvalue weighted by atomic mass is 16.5. The maximum absolute atomic E-state index is 10.4. The SMILES string of the molecule is C[N+]([O-])=Cc1cccnn1. The molecule has 0 aromatic carbocycles. The Hall–Kier alpha value is -1.45. The second-order valence-electron chi connectivity index (χ2n) is 1.82. The fourth-order valence-electron chi connectivity index (χ4n) is 0.569. The summed E-state index contributed by atoms with van der Waals surface area (Å²) >= 11 is 0. The summed E-state index contributed by atoms with van der Waals surface area (Å²) < 4.78 is 0.685. The van der Waals surface area contributed by atoms with Crippen LogP contribution < -0.4 is 0 Å². The molecule has 0 aliphatic carbocycles. The molecule has 1 heterocycles. The topological polar surface area (TPSA) is 51.9 Å². The number of hydroxylamine groups is 1. The second-order valence-corrected chi connectivity index (χ2v) is 1.82. The minimum Gasteiger partial charge on any atom is -0.624 e. The summed E-state index contributed by atoms with van der Waals surface area (Å²) in [6, 6.07) is 3.43. The molecule has 4 nitrogen and oxygen atoms in total. The first-order valence-corrected chi connectivity index (χ1v) is 2.81. The lowest BCUT2D eigenvalue weighted by atomic mass is 10.4. The van der Waals surface area contributed by atoms with Gasteiger partial charge < -0.3 is 5.21 Å². The van der Waals surface area contributed by atoms with Gasteiger partial charge >= 0.3 is 0 Å². The van der Waals surface area contributed by atoms with Crippen LogP contribution in [0.5, 0.6) is 0 Å². The Labute approximate surface area is 58.4 Å². The van der Waals surface area contributed by atoms with Crippen LogP contribution in [0, 0.1) is 5.21 Å². The van der Waals surface area contributed by atoms with E-state index in [0.717, 1.165) is 0 Å². The zero-order valence-electron chi connectivity index (χ0n) is 5.56. The highest BCUT2D eigenvalue weighted by Gasteiger charge is 1.89. The lowest BCUT2D eigenvalue weighted by Crippen LogP contribution is -1.99. The van der Waals surface area contributed by atoms with Crippen molar-refractivity contribution in [1.29, 1.82) is 0 Å². The van der Waals surface area contributed by atoms with Crippen LogP contribution in [0.2, 0.25) is 0 Å². The predicted octanol–water partition coefficient (Wildman–Crippen LogP) is 0.0356. The number of hydrogen-bond donors (Lipinski definition) is 0. The largest absolute Gasteiger partial charge is 0.624 e. The van der Waals surface area contributed by atoms with E-state index in [4.69, 9.17) is 0 Å². The van der Waals surface area contributed by atoms with E-state index >= 15 is 0 Å². The molecule has 0 spiro atoms. The quantitative estimate of drug-likeness (QED) is 0.237. The molecule has 0 aliphatic heterocycles. The van der Waals surface area contributed by atoms with Gasteiger partial charge in [-0.2, -0.15) is 5.10 Å². The monoisotopic (exact) mass is 137 g/mol. The molecule has 0 aliphatic rings. The molecule has 10 heavy (non-hydrogen) atoms. The van der Waals surface area contributed by atoms with Crippen LogP contribution in [0.4, 0.5) is 0 Å². The molecule has 0 atom stereocenters. The van der Waals surface area contributed by atoms with Crippen LogP contribution in [0.15, 0.2) is 18.3 Å². The third-order valence-corrected chi connectivity index (χ3v) is 0.907. The van der Waals surface area contributed by atoms with E-state index in [9.17, 15) is 5.21 Å². The van der Waals surface area contributed by atoms with E-state index in [2.05, 4.69) is 10.2 Å². The zero-order valence-corrected chi connectivity index (χ0v) is 5.56. The molecule has 0 radical (unpaired) electrons. The number of rotatable bonds is 1. The second kappa shape index (κ2) is 2.91. The number of nitrogens with zero attached hydrogens (tertiary/aromatic N) is 3. The van der Waals surface area contributed by atoms with Crippen LogP contribution in [-0.2, 0) is 0 Å². The van der Waals surface area contributed by atoms with Crippen LogP contribution in [0.25, 0.3) is 0 Å². The fraction of sp³-hybridized carbons (Fsp3) is 0.167. The van der Waals surface area contributed by atoms with Gasteiger partial charge in [0.25, 0.3) is 0 Å². The van der Waals surface area contributed by atoms with Gasteiger partial charge in [-0.1, -0.05) is 0 Å². The Balaban J connectivity index is 2.87. The van der Waals surface area contributed by atoms with Gasteiger partial charge in [-0.05, 0) is 12.1 Å². The minimum atomic E-state index is 0.569. The Morgan fingerprint density at radius 1 is 1.70 bits per heavy atom. The van der Waals surface area contributed by atoms with Gasteiger partial charge in [0.2, 0.25) is 6.21 Å². The lowest BCUT2D eigenvalue weighted by Gasteiger charge is -1.92. The molecule has 0 amide bonds. The number of hydrogen-bond acceptors (Lipinski definition) is 3. The summed E-state index contributed by atoms with van der Waals surface area (Å²) in [5.41, 5.74) is 0.569. The maximum Gasteiger partial charge on any atom is 0.202 e. The van der Waals surface area contributed by atoms with E-state index in [0.29, 0.717) is 10.4 Å². The summed E-state index contributed by atoms with van der Waals surface area (Å²) in [6.45, 7) is 0. The summed E-state index contributed by atoms with van der Waals surface area (Å²) in [5.74, 6) is 0. The first kappa shape index (κ1) is 6.67. The van der Waals surface area contributed by atoms with Crippen LogP contribution in [0.3, 0.4) is 0 Å². The third kappa shape index (κ3) is 1.81. The molecule has 0 bridgehead atoms. The highest BCUT2D eigenvalue weighted by molar-refractivity contribution is 5.71. The van der Waals surface area contributed by atoms with Gasteiger partial charge in [-0.3, -0.25) is 0 Å². The predicted molar refractivity (Wildman–Crippen MR) is 36.7 cm³/mol. The lowest BCUT2D eigenvalue weighted by molar-refractivity contribution is -0.416. The zero-order chi connectivity index (χ0) is 7.40. The maximum atomic E-state index is 10.4. The van der Waals surface area contributed by atoms with Crippen molar-refractivity contribution in [2.24, 2.45) is 0 Å². The van der Waals surface area contributed by atoms with E-state index in [-0.39, 0.29) is 0 Å². The molecule has 1 aromatic heterocycles. The molecule has 4 heteroatoms. The first-order valence-electron chi connectivity index (χ1n) is 2.81. The van der Waals surface area contributed by atoms with Crippen LogP contribution >= 0.6 is 0 Å². The Morgan fingerprint density at radius 2 is 2.50 bits per heavy atom. The van der Waals surface area contributed by atoms with E-state index < -0.39 is 0 Å². The molecule has 0 saturated heterocycles. The van der Waals surface area contributed by atoms with Gasteiger partial charge in [-0.15, -0.1) is 5.10 Å². The van der Waals surface area contributed by atoms with Gasteiger partial charge in [-0.25, -0.2) is 4.74 Å². The van der Waals surface area contributed by atoms with Crippen molar-refractivity contribution in [3.05, 3.63) is 29.2 Å². The molecule has 0 N–H and O–H groups in total. The molecule has 1 rings (SSSR count). The van der Waals surface area contributed by atoms with Gasteiger partial charge in [0.1, 0.15) is 12.7 Å².